The van der Waals surface area contributed by atoms with Crippen molar-refractivity contribution >= 4 is 22.7 Å². The largest absolute Gasteiger partial charge is 0.513 e. The van der Waals surface area contributed by atoms with Gasteiger partial charge in [0.1, 0.15) is 24.2 Å². The van der Waals surface area contributed by atoms with Crippen LogP contribution in [0.5, 0.6) is 11.5 Å². The highest BCUT2D eigenvalue weighted by molar-refractivity contribution is 5.95. The van der Waals surface area contributed by atoms with E-state index in [2.05, 4.69) is 24.5 Å². The third-order valence-electron chi connectivity index (χ3n) is 3.03. The topological polar surface area (TPSA) is 134 Å². The van der Waals surface area contributed by atoms with Crippen LogP contribution in [0.3, 0.4) is 0 Å². The van der Waals surface area contributed by atoms with Gasteiger partial charge in [0.25, 0.3) is 0 Å². The van der Waals surface area contributed by atoms with Gasteiger partial charge >= 0.3 is 11.9 Å². The Labute approximate surface area is 174 Å². The Balaban J connectivity index is 0.000000516. The van der Waals surface area contributed by atoms with Crippen molar-refractivity contribution in [1.29, 1.82) is 0 Å². The predicted octanol–water partition coefficient (Wildman–Crippen LogP) is 2.78. The Morgan fingerprint density at radius 2 is 1.60 bits per heavy atom. The normalized spacial score (nSPS) is 10.2. The van der Waals surface area contributed by atoms with E-state index >= 15 is 0 Å². The fraction of sp³-hybridized carbons (Fsp3) is 0.182. The van der Waals surface area contributed by atoms with Crippen LogP contribution in [0.4, 0.5) is 0 Å². The van der Waals surface area contributed by atoms with E-state index in [9.17, 15) is 14.7 Å². The molecule has 8 nitrogen and oxygen atoms in total. The quantitative estimate of drug-likeness (QED) is 0.244. The maximum absolute atomic E-state index is 11.1. The molecule has 0 fully saturated rings. The number of phenols is 1. The molecule has 8 heteroatoms. The molecule has 30 heavy (non-hydrogen) atoms. The predicted molar refractivity (Wildman–Crippen MR) is 113 cm³/mol. The molecule has 0 aliphatic heterocycles. The standard InChI is InChI=1S/C13H10O3.C6H10O4.C3H6O/c1-2-13(15)16-12-8-4-5-9-10(12)6-3-7-11(9)14;1-2-6(9)10-4-5(8)3-7;1-3(2)4/h2-8,14H,1H2;2,5,7-8H,1,3-4H2;4H,1H2,2H3. The number of hydrogen-bond acceptors (Lipinski definition) is 8. The molecule has 162 valence electrons. The lowest BCUT2D eigenvalue weighted by molar-refractivity contribution is -0.141. The molecule has 0 spiro atoms. The maximum atomic E-state index is 11.1. The van der Waals surface area contributed by atoms with E-state index in [1.165, 1.54) is 6.92 Å². The number of hydrogen-bond donors (Lipinski definition) is 4. The monoisotopic (exact) mass is 418 g/mol. The van der Waals surface area contributed by atoms with Crippen LogP contribution < -0.4 is 4.74 Å². The number of carbonyl (C=O) groups excluding carboxylic acids is 2. The first-order valence-corrected chi connectivity index (χ1v) is 8.63. The molecule has 1 unspecified atom stereocenters. The molecule has 0 aliphatic carbocycles. The average molecular weight is 418 g/mol. The highest BCUT2D eigenvalue weighted by Gasteiger charge is 2.07. The number of rotatable bonds is 6. The lowest BCUT2D eigenvalue weighted by Crippen LogP contribution is -2.21. The second kappa shape index (κ2) is 14.4. The van der Waals surface area contributed by atoms with Crippen molar-refractivity contribution in [3.05, 3.63) is 74.0 Å². The number of fused-ring (bicyclic) bond motifs is 1. The highest BCUT2D eigenvalue weighted by Crippen LogP contribution is 2.31. The summed E-state index contributed by atoms with van der Waals surface area (Å²) in [5.41, 5.74) is 0. The van der Waals surface area contributed by atoms with E-state index in [4.69, 9.17) is 20.1 Å². The molecule has 2 aromatic carbocycles. The Bertz CT molecular complexity index is 869. The molecule has 2 rings (SSSR count). The highest BCUT2D eigenvalue weighted by atomic mass is 16.5. The number of ether oxygens (including phenoxy) is 2. The van der Waals surface area contributed by atoms with E-state index in [0.29, 0.717) is 16.5 Å². The Morgan fingerprint density at radius 3 is 2.13 bits per heavy atom. The van der Waals surface area contributed by atoms with Gasteiger partial charge in [0.2, 0.25) is 0 Å². The summed E-state index contributed by atoms with van der Waals surface area (Å²) in [6, 6.07) is 10.2. The first-order chi connectivity index (χ1) is 14.2. The molecule has 0 heterocycles. The van der Waals surface area contributed by atoms with Gasteiger partial charge in [0.15, 0.2) is 0 Å². The average Bonchev–Trinajstić information content (AvgIpc) is 2.72. The van der Waals surface area contributed by atoms with Gasteiger partial charge in [-0.05, 0) is 19.1 Å². The van der Waals surface area contributed by atoms with Crippen LogP contribution in [0.2, 0.25) is 0 Å². The van der Waals surface area contributed by atoms with Crippen molar-refractivity contribution in [2.75, 3.05) is 13.2 Å². The van der Waals surface area contributed by atoms with Crippen LogP contribution in [-0.4, -0.2) is 51.7 Å². The van der Waals surface area contributed by atoms with Gasteiger partial charge < -0.3 is 29.9 Å². The second-order valence-electron chi connectivity index (χ2n) is 5.66. The molecule has 2 aromatic rings. The van der Waals surface area contributed by atoms with Crippen LogP contribution >= 0.6 is 0 Å². The number of aromatic hydroxyl groups is 1. The summed E-state index contributed by atoms with van der Waals surface area (Å²) in [4.78, 5) is 21.4. The number of carbonyl (C=O) groups is 2. The van der Waals surface area contributed by atoms with Crippen molar-refractivity contribution in [2.24, 2.45) is 0 Å². The fourth-order valence-electron chi connectivity index (χ4n) is 1.79. The zero-order chi connectivity index (χ0) is 23.1. The molecule has 0 aromatic heterocycles. The third kappa shape index (κ3) is 10.6. The van der Waals surface area contributed by atoms with E-state index in [1.807, 2.05) is 0 Å². The van der Waals surface area contributed by atoms with Gasteiger partial charge in [0.05, 0.1) is 12.4 Å². The SMILES string of the molecule is C=C(C)O.C=CC(=O)OCC(O)CO.C=CC(=O)Oc1cccc2c(O)cccc12. The number of benzene rings is 2. The Kier molecular flexibility index (Phi) is 12.7. The second-order valence-corrected chi connectivity index (χ2v) is 5.66. The van der Waals surface area contributed by atoms with Gasteiger partial charge in [-0.3, -0.25) is 0 Å². The van der Waals surface area contributed by atoms with Gasteiger partial charge in [-0.2, -0.15) is 0 Å². The molecule has 0 amide bonds. The van der Waals surface area contributed by atoms with Crippen molar-refractivity contribution < 1.29 is 39.5 Å². The molecule has 0 radical (unpaired) electrons. The number of aliphatic hydroxyl groups is 3. The van der Waals surface area contributed by atoms with Gasteiger partial charge in [-0.25, -0.2) is 9.59 Å². The summed E-state index contributed by atoms with van der Waals surface area (Å²) < 4.78 is 9.44. The molecule has 1 atom stereocenters. The van der Waals surface area contributed by atoms with Crippen molar-refractivity contribution in [3.63, 3.8) is 0 Å². The summed E-state index contributed by atoms with van der Waals surface area (Å²) in [7, 11) is 0. The summed E-state index contributed by atoms with van der Waals surface area (Å²) in [5, 5.41) is 35.7. The lowest BCUT2D eigenvalue weighted by atomic mass is 10.1. The zero-order valence-corrected chi connectivity index (χ0v) is 16.7. The summed E-state index contributed by atoms with van der Waals surface area (Å²) in [5.74, 6) is -0.379. The number of allylic oxidation sites excluding steroid dienone is 1. The van der Waals surface area contributed by atoms with Crippen molar-refractivity contribution in [2.45, 2.75) is 13.0 Å². The van der Waals surface area contributed by atoms with E-state index in [1.54, 1.807) is 36.4 Å². The zero-order valence-electron chi connectivity index (χ0n) is 16.7. The van der Waals surface area contributed by atoms with Crippen LogP contribution in [0, 0.1) is 0 Å². The maximum Gasteiger partial charge on any atom is 0.335 e. The molecule has 0 saturated heterocycles. The minimum absolute atomic E-state index is 0.161. The summed E-state index contributed by atoms with van der Waals surface area (Å²) >= 11 is 0. The van der Waals surface area contributed by atoms with E-state index < -0.39 is 24.6 Å². The minimum Gasteiger partial charge on any atom is -0.513 e. The Hall–Kier alpha value is -3.62. The first kappa shape index (κ1) is 26.4. The van der Waals surface area contributed by atoms with E-state index in [-0.39, 0.29) is 18.1 Å². The minimum atomic E-state index is -0.996. The summed E-state index contributed by atoms with van der Waals surface area (Å²) in [6.45, 7) is 10.5. The lowest BCUT2D eigenvalue weighted by Gasteiger charge is -2.06. The van der Waals surface area contributed by atoms with Crippen molar-refractivity contribution in [3.8, 4) is 11.5 Å². The van der Waals surface area contributed by atoms with Crippen LogP contribution in [-0.2, 0) is 14.3 Å². The van der Waals surface area contributed by atoms with Crippen molar-refractivity contribution in [1.82, 2.24) is 0 Å². The van der Waals surface area contributed by atoms with E-state index in [0.717, 1.165) is 12.2 Å². The number of phenolic OH excluding ortho intramolecular Hbond substituents is 1. The fourth-order valence-corrected chi connectivity index (χ4v) is 1.79. The Morgan fingerprint density at radius 1 is 1.07 bits per heavy atom. The van der Waals surface area contributed by atoms with Gasteiger partial charge in [-0.1, -0.05) is 44.0 Å². The molecular weight excluding hydrogens is 392 g/mol. The van der Waals surface area contributed by atoms with Gasteiger partial charge in [0, 0.05) is 22.9 Å². The third-order valence-corrected chi connectivity index (χ3v) is 3.03. The van der Waals surface area contributed by atoms with Gasteiger partial charge in [-0.15, -0.1) is 0 Å². The smallest absolute Gasteiger partial charge is 0.335 e. The molecule has 4 N–H and O–H groups in total. The van der Waals surface area contributed by atoms with Crippen LogP contribution in [0.15, 0.2) is 74.0 Å². The summed E-state index contributed by atoms with van der Waals surface area (Å²) in [6.07, 6.45) is 1.09. The number of aliphatic hydroxyl groups excluding tert-OH is 3. The molecule has 0 bridgehead atoms. The molecule has 0 saturated carbocycles. The molecular formula is C22H26O8. The van der Waals surface area contributed by atoms with Crippen LogP contribution in [0.1, 0.15) is 6.92 Å². The first-order valence-electron chi connectivity index (χ1n) is 8.63. The van der Waals surface area contributed by atoms with Crippen LogP contribution in [0.25, 0.3) is 10.8 Å². The number of esters is 2. The molecule has 0 aliphatic rings.